The molecular weight excluding hydrogens is 409 g/mol. The standard InChI is InChI=1S/C22H25F3N4O2/c1-12-8-17(19-28-29-20(31-19)26-13-6-5-7-13)27-18-15(12)9-14(30-11-22(23,24)25)10-16(18)21(2,3)4/h8-10,13H,5-7,11H2,1-4H3,(H,26,29). The molecule has 1 N–H and O–H groups in total. The van der Waals surface area contributed by atoms with Crippen molar-refractivity contribution >= 4 is 16.9 Å². The molecule has 1 aliphatic carbocycles. The van der Waals surface area contributed by atoms with Gasteiger partial charge in [-0.2, -0.15) is 13.2 Å². The molecule has 2 aromatic heterocycles. The van der Waals surface area contributed by atoms with E-state index in [9.17, 15) is 13.2 Å². The third kappa shape index (κ3) is 4.75. The van der Waals surface area contributed by atoms with Gasteiger partial charge < -0.3 is 14.5 Å². The molecule has 1 fully saturated rings. The number of nitrogens with zero attached hydrogens (tertiary/aromatic N) is 3. The van der Waals surface area contributed by atoms with Crippen LogP contribution in [0.1, 0.15) is 51.2 Å². The van der Waals surface area contributed by atoms with E-state index in [2.05, 4.69) is 15.5 Å². The molecule has 9 heteroatoms. The van der Waals surface area contributed by atoms with Crippen LogP contribution in [0.4, 0.5) is 19.2 Å². The first kappa shape index (κ1) is 21.4. The van der Waals surface area contributed by atoms with Gasteiger partial charge in [-0.25, -0.2) is 4.98 Å². The van der Waals surface area contributed by atoms with Crippen LogP contribution in [0.5, 0.6) is 5.75 Å². The smallest absolute Gasteiger partial charge is 0.422 e. The van der Waals surface area contributed by atoms with Crippen LogP contribution in [0, 0.1) is 6.92 Å². The zero-order chi connectivity index (χ0) is 22.4. The number of aromatic nitrogens is 3. The Morgan fingerprint density at radius 1 is 1.13 bits per heavy atom. The Morgan fingerprint density at radius 2 is 1.87 bits per heavy atom. The third-order valence-electron chi connectivity index (χ3n) is 5.38. The van der Waals surface area contributed by atoms with Crippen LogP contribution in [0.15, 0.2) is 22.6 Å². The van der Waals surface area contributed by atoms with Gasteiger partial charge in [0, 0.05) is 11.4 Å². The van der Waals surface area contributed by atoms with Crippen molar-refractivity contribution in [2.45, 2.75) is 64.6 Å². The fraction of sp³-hybridized carbons (Fsp3) is 0.500. The molecule has 0 spiro atoms. The summed E-state index contributed by atoms with van der Waals surface area (Å²) in [6.45, 7) is 6.47. The van der Waals surface area contributed by atoms with Crippen LogP contribution in [0.2, 0.25) is 0 Å². The Morgan fingerprint density at radius 3 is 2.48 bits per heavy atom. The second-order valence-electron chi connectivity index (χ2n) is 9.03. The minimum absolute atomic E-state index is 0.164. The van der Waals surface area contributed by atoms with Crippen molar-refractivity contribution in [3.63, 3.8) is 0 Å². The molecule has 0 amide bonds. The van der Waals surface area contributed by atoms with Crippen LogP contribution >= 0.6 is 0 Å². The molecule has 6 nitrogen and oxygen atoms in total. The summed E-state index contributed by atoms with van der Waals surface area (Å²) in [5, 5.41) is 12.1. The largest absolute Gasteiger partial charge is 0.484 e. The van der Waals surface area contributed by atoms with Gasteiger partial charge in [0.05, 0.1) is 5.52 Å². The maximum atomic E-state index is 12.7. The van der Waals surface area contributed by atoms with E-state index in [1.54, 1.807) is 18.2 Å². The van der Waals surface area contributed by atoms with Gasteiger partial charge in [-0.15, -0.1) is 5.10 Å². The van der Waals surface area contributed by atoms with Gasteiger partial charge in [0.1, 0.15) is 11.4 Å². The summed E-state index contributed by atoms with van der Waals surface area (Å²) in [5.74, 6) is 0.459. The third-order valence-corrected chi connectivity index (χ3v) is 5.38. The SMILES string of the molecule is Cc1cc(-c2nnc(NC3CCC3)o2)nc2c(C(C)(C)C)cc(OCC(F)(F)F)cc12. The number of nitrogens with one attached hydrogen (secondary N) is 1. The molecule has 0 saturated heterocycles. The van der Waals surface area contributed by atoms with E-state index in [0.717, 1.165) is 29.4 Å². The van der Waals surface area contributed by atoms with E-state index in [1.165, 1.54) is 6.42 Å². The van der Waals surface area contributed by atoms with Gasteiger partial charge >= 0.3 is 12.2 Å². The number of hydrogen-bond donors (Lipinski definition) is 1. The number of benzene rings is 1. The molecule has 0 radical (unpaired) electrons. The van der Waals surface area contributed by atoms with Gasteiger partial charge in [0.2, 0.25) is 0 Å². The van der Waals surface area contributed by atoms with E-state index in [-0.39, 0.29) is 11.2 Å². The lowest BCUT2D eigenvalue weighted by Gasteiger charge is -2.24. The second-order valence-corrected chi connectivity index (χ2v) is 9.03. The highest BCUT2D eigenvalue weighted by atomic mass is 19.4. The number of aryl methyl sites for hydroxylation is 1. The average Bonchev–Trinajstić information content (AvgIpc) is 3.10. The highest BCUT2D eigenvalue weighted by Gasteiger charge is 2.29. The maximum absolute atomic E-state index is 12.7. The van der Waals surface area contributed by atoms with Gasteiger partial charge in [-0.05, 0) is 60.9 Å². The molecule has 2 heterocycles. The molecule has 166 valence electrons. The summed E-state index contributed by atoms with van der Waals surface area (Å²) >= 11 is 0. The molecule has 0 atom stereocenters. The first-order chi connectivity index (χ1) is 14.5. The Kier molecular flexibility index (Phi) is 5.31. The fourth-order valence-corrected chi connectivity index (χ4v) is 3.51. The minimum Gasteiger partial charge on any atom is -0.484 e. The monoisotopic (exact) mass is 434 g/mol. The van der Waals surface area contributed by atoms with E-state index in [4.69, 9.17) is 14.1 Å². The maximum Gasteiger partial charge on any atom is 0.422 e. The zero-order valence-corrected chi connectivity index (χ0v) is 17.9. The molecular formula is C22H25F3N4O2. The predicted octanol–water partition coefficient (Wildman–Crippen LogP) is 5.80. The van der Waals surface area contributed by atoms with Crippen molar-refractivity contribution in [1.82, 2.24) is 15.2 Å². The number of fused-ring (bicyclic) bond motifs is 1. The van der Waals surface area contributed by atoms with Gasteiger partial charge in [0.15, 0.2) is 6.61 Å². The van der Waals surface area contributed by atoms with E-state index >= 15 is 0 Å². The van der Waals surface area contributed by atoms with Gasteiger partial charge in [-0.3, -0.25) is 0 Å². The Balaban J connectivity index is 1.74. The number of ether oxygens (including phenoxy) is 1. The average molecular weight is 434 g/mol. The van der Waals surface area contributed by atoms with Crippen molar-refractivity contribution in [2.24, 2.45) is 0 Å². The molecule has 0 aliphatic heterocycles. The van der Waals surface area contributed by atoms with E-state index in [1.807, 2.05) is 27.7 Å². The minimum atomic E-state index is -4.41. The van der Waals surface area contributed by atoms with E-state index in [0.29, 0.717) is 29.2 Å². The Hall–Kier alpha value is -2.84. The van der Waals surface area contributed by atoms with Crippen LogP contribution in [0.25, 0.3) is 22.5 Å². The summed E-state index contributed by atoms with van der Waals surface area (Å²) in [6, 6.07) is 5.75. The fourth-order valence-electron chi connectivity index (χ4n) is 3.51. The summed E-state index contributed by atoms with van der Waals surface area (Å²) in [4.78, 5) is 4.75. The summed E-state index contributed by atoms with van der Waals surface area (Å²) in [7, 11) is 0. The second kappa shape index (κ2) is 7.69. The summed E-state index contributed by atoms with van der Waals surface area (Å²) in [6.07, 6.45) is -1.05. The molecule has 3 aromatic rings. The Bertz CT molecular complexity index is 1100. The summed E-state index contributed by atoms with van der Waals surface area (Å²) < 4.78 is 48.8. The highest BCUT2D eigenvalue weighted by Crippen LogP contribution is 2.36. The highest BCUT2D eigenvalue weighted by molar-refractivity contribution is 5.89. The number of anilines is 1. The number of alkyl halides is 3. The van der Waals surface area contributed by atoms with Crippen LogP contribution in [-0.4, -0.2) is 34.0 Å². The lowest BCUT2D eigenvalue weighted by molar-refractivity contribution is -0.153. The predicted molar refractivity (Wildman–Crippen MR) is 111 cm³/mol. The van der Waals surface area contributed by atoms with Crippen LogP contribution in [0.3, 0.4) is 0 Å². The van der Waals surface area contributed by atoms with Gasteiger partial charge in [0.25, 0.3) is 5.89 Å². The lowest BCUT2D eigenvalue weighted by Crippen LogP contribution is -2.27. The van der Waals surface area contributed by atoms with Crippen molar-refractivity contribution in [1.29, 1.82) is 0 Å². The number of pyridine rings is 1. The molecule has 0 bridgehead atoms. The Labute approximate surface area is 178 Å². The molecule has 4 rings (SSSR count). The molecule has 1 aliphatic rings. The number of rotatable bonds is 5. The van der Waals surface area contributed by atoms with Crippen molar-refractivity contribution in [3.8, 4) is 17.3 Å². The van der Waals surface area contributed by atoms with Gasteiger partial charge in [-0.1, -0.05) is 25.9 Å². The van der Waals surface area contributed by atoms with E-state index < -0.39 is 12.8 Å². The zero-order valence-electron chi connectivity index (χ0n) is 17.9. The quantitative estimate of drug-likeness (QED) is 0.547. The molecule has 1 saturated carbocycles. The van der Waals surface area contributed by atoms with Crippen LogP contribution < -0.4 is 10.1 Å². The van der Waals surface area contributed by atoms with Crippen molar-refractivity contribution < 1.29 is 22.3 Å². The summed E-state index contributed by atoms with van der Waals surface area (Å²) in [5.41, 5.74) is 2.43. The number of hydrogen-bond acceptors (Lipinski definition) is 6. The normalized spacial score (nSPS) is 15.2. The first-order valence-corrected chi connectivity index (χ1v) is 10.3. The number of halogens is 3. The van der Waals surface area contributed by atoms with Crippen molar-refractivity contribution in [2.75, 3.05) is 11.9 Å². The lowest BCUT2D eigenvalue weighted by atomic mass is 9.84. The topological polar surface area (TPSA) is 73.1 Å². The van der Waals surface area contributed by atoms with Crippen LogP contribution in [-0.2, 0) is 5.41 Å². The molecule has 31 heavy (non-hydrogen) atoms. The van der Waals surface area contributed by atoms with Crippen molar-refractivity contribution in [3.05, 3.63) is 29.3 Å². The first-order valence-electron chi connectivity index (χ1n) is 10.3. The molecule has 0 unspecified atom stereocenters. The molecule has 1 aromatic carbocycles.